The molecular formula is C12H11IN2O3S. The van der Waals surface area contributed by atoms with Crippen LogP contribution in [0.4, 0.5) is 5.69 Å². The normalized spacial score (nSPS) is 11.3. The molecule has 2 aromatic carbocycles. The second-order valence-corrected chi connectivity index (χ2v) is 6.44. The molecule has 2 rings (SSSR count). The number of primary sulfonamides is 1. The van der Waals surface area contributed by atoms with E-state index in [0.717, 1.165) is 3.57 Å². The van der Waals surface area contributed by atoms with Gasteiger partial charge < -0.3 is 10.5 Å². The van der Waals surface area contributed by atoms with Gasteiger partial charge in [0.25, 0.3) is 0 Å². The van der Waals surface area contributed by atoms with Gasteiger partial charge in [-0.15, -0.1) is 0 Å². The molecule has 0 aliphatic carbocycles. The monoisotopic (exact) mass is 390 g/mol. The summed E-state index contributed by atoms with van der Waals surface area (Å²) in [5.74, 6) is 0.858. The van der Waals surface area contributed by atoms with Crippen molar-refractivity contribution < 1.29 is 13.2 Å². The van der Waals surface area contributed by atoms with Crippen LogP contribution < -0.4 is 15.6 Å². The van der Waals surface area contributed by atoms with Crippen molar-refractivity contribution in [1.29, 1.82) is 0 Å². The van der Waals surface area contributed by atoms with Gasteiger partial charge in [0, 0.05) is 0 Å². The molecule has 19 heavy (non-hydrogen) atoms. The number of halogens is 1. The lowest BCUT2D eigenvalue weighted by molar-refractivity contribution is 0.480. The zero-order valence-electron chi connectivity index (χ0n) is 9.71. The number of sulfonamides is 1. The Balaban J connectivity index is 2.46. The first-order valence-corrected chi connectivity index (χ1v) is 7.86. The molecule has 0 atom stereocenters. The second kappa shape index (κ2) is 5.35. The molecule has 0 unspecified atom stereocenters. The summed E-state index contributed by atoms with van der Waals surface area (Å²) in [6, 6.07) is 11.8. The van der Waals surface area contributed by atoms with E-state index in [4.69, 9.17) is 15.6 Å². The predicted octanol–water partition coefficient (Wildman–Crippen LogP) is 2.31. The van der Waals surface area contributed by atoms with Crippen molar-refractivity contribution in [2.75, 3.05) is 5.73 Å². The number of para-hydroxylation sites is 2. The Labute approximate surface area is 124 Å². The van der Waals surface area contributed by atoms with E-state index in [2.05, 4.69) is 22.6 Å². The standard InChI is InChI=1S/C12H11IN2O3S/c13-8-4-1-2-5-9(8)18-10-6-3-7-11(12(10)14)19(15,16)17/h1-7H,14H2,(H2,15,16,17). The van der Waals surface area contributed by atoms with Gasteiger partial charge in [-0.2, -0.15) is 0 Å². The number of anilines is 1. The van der Waals surface area contributed by atoms with Gasteiger partial charge in [-0.05, 0) is 46.9 Å². The van der Waals surface area contributed by atoms with Crippen LogP contribution in [0.2, 0.25) is 0 Å². The quantitative estimate of drug-likeness (QED) is 0.621. The molecule has 7 heteroatoms. The molecule has 0 bridgehead atoms. The third-order valence-corrected chi connectivity index (χ3v) is 4.25. The van der Waals surface area contributed by atoms with E-state index in [0.29, 0.717) is 5.75 Å². The molecule has 0 heterocycles. The third-order valence-electron chi connectivity index (χ3n) is 2.39. The summed E-state index contributed by atoms with van der Waals surface area (Å²) in [7, 11) is -3.87. The lowest BCUT2D eigenvalue weighted by Crippen LogP contribution is -2.14. The van der Waals surface area contributed by atoms with Crippen molar-refractivity contribution in [3.63, 3.8) is 0 Å². The lowest BCUT2D eigenvalue weighted by Gasteiger charge is -2.12. The fourth-order valence-electron chi connectivity index (χ4n) is 1.51. The first-order chi connectivity index (χ1) is 8.89. The van der Waals surface area contributed by atoms with Crippen LogP contribution in [-0.2, 0) is 10.0 Å². The van der Waals surface area contributed by atoms with Gasteiger partial charge in [0.05, 0.1) is 9.26 Å². The molecule has 0 radical (unpaired) electrons. The molecule has 0 saturated carbocycles. The molecule has 2 aromatic rings. The minimum absolute atomic E-state index is 0.00431. The van der Waals surface area contributed by atoms with Crippen LogP contribution in [0.3, 0.4) is 0 Å². The molecule has 0 saturated heterocycles. The molecule has 0 fully saturated rings. The Hall–Kier alpha value is -1.32. The van der Waals surface area contributed by atoms with Crippen molar-refractivity contribution >= 4 is 38.3 Å². The minimum atomic E-state index is -3.87. The van der Waals surface area contributed by atoms with E-state index >= 15 is 0 Å². The van der Waals surface area contributed by atoms with Gasteiger partial charge in [-0.3, -0.25) is 0 Å². The van der Waals surface area contributed by atoms with Crippen LogP contribution in [0, 0.1) is 3.57 Å². The number of ether oxygens (including phenoxy) is 1. The third kappa shape index (κ3) is 3.17. The van der Waals surface area contributed by atoms with Crippen molar-refractivity contribution in [1.82, 2.24) is 0 Å². The van der Waals surface area contributed by atoms with Crippen molar-refractivity contribution in [3.8, 4) is 11.5 Å². The Morgan fingerprint density at radius 1 is 1.00 bits per heavy atom. The summed E-state index contributed by atoms with van der Waals surface area (Å²) in [4.78, 5) is -0.143. The molecule has 0 aliphatic rings. The first kappa shape index (κ1) is 14.1. The maximum atomic E-state index is 11.4. The van der Waals surface area contributed by atoms with E-state index < -0.39 is 10.0 Å². The summed E-state index contributed by atoms with van der Waals surface area (Å²) >= 11 is 2.11. The smallest absolute Gasteiger partial charge is 0.240 e. The van der Waals surface area contributed by atoms with Crippen LogP contribution in [0.1, 0.15) is 0 Å². The predicted molar refractivity (Wildman–Crippen MR) is 81.5 cm³/mol. The van der Waals surface area contributed by atoms with Crippen molar-refractivity contribution in [3.05, 3.63) is 46.0 Å². The Kier molecular flexibility index (Phi) is 3.97. The minimum Gasteiger partial charge on any atom is -0.454 e. The van der Waals surface area contributed by atoms with Crippen molar-refractivity contribution in [2.24, 2.45) is 5.14 Å². The van der Waals surface area contributed by atoms with Crippen LogP contribution in [0.25, 0.3) is 0 Å². The molecule has 0 aromatic heterocycles. The summed E-state index contributed by atoms with van der Waals surface area (Å²) in [6.45, 7) is 0. The number of hydrogen-bond donors (Lipinski definition) is 2. The average Bonchev–Trinajstić information content (AvgIpc) is 2.33. The van der Waals surface area contributed by atoms with E-state index in [1.807, 2.05) is 18.2 Å². The zero-order valence-corrected chi connectivity index (χ0v) is 12.7. The highest BCUT2D eigenvalue weighted by Gasteiger charge is 2.16. The molecule has 0 spiro atoms. The largest absolute Gasteiger partial charge is 0.454 e. The Morgan fingerprint density at radius 3 is 2.26 bits per heavy atom. The highest BCUT2D eigenvalue weighted by atomic mass is 127. The van der Waals surface area contributed by atoms with Crippen LogP contribution >= 0.6 is 22.6 Å². The molecule has 5 nitrogen and oxygen atoms in total. The number of hydrogen-bond acceptors (Lipinski definition) is 4. The van der Waals surface area contributed by atoms with E-state index in [-0.39, 0.29) is 16.3 Å². The van der Waals surface area contributed by atoms with Gasteiger partial charge >= 0.3 is 0 Å². The Morgan fingerprint density at radius 2 is 1.63 bits per heavy atom. The molecule has 100 valence electrons. The highest BCUT2D eigenvalue weighted by molar-refractivity contribution is 14.1. The summed E-state index contributed by atoms with van der Waals surface area (Å²) in [5.41, 5.74) is 5.79. The zero-order chi connectivity index (χ0) is 14.0. The first-order valence-electron chi connectivity index (χ1n) is 5.23. The molecule has 4 N–H and O–H groups in total. The summed E-state index contributed by atoms with van der Waals surface area (Å²) in [6.07, 6.45) is 0. The SMILES string of the molecule is Nc1c(Oc2ccccc2I)cccc1S(N)(=O)=O. The van der Waals surface area contributed by atoms with E-state index in [1.165, 1.54) is 12.1 Å². The maximum absolute atomic E-state index is 11.4. The number of nitrogen functional groups attached to an aromatic ring is 1. The lowest BCUT2D eigenvalue weighted by atomic mass is 10.3. The van der Waals surface area contributed by atoms with Gasteiger partial charge in [0.15, 0.2) is 5.75 Å². The number of rotatable bonds is 3. The topological polar surface area (TPSA) is 95.4 Å². The van der Waals surface area contributed by atoms with Crippen LogP contribution in [-0.4, -0.2) is 8.42 Å². The van der Waals surface area contributed by atoms with Gasteiger partial charge in [0.2, 0.25) is 10.0 Å². The summed E-state index contributed by atoms with van der Waals surface area (Å²) < 4.78 is 29.2. The molecule has 0 aliphatic heterocycles. The van der Waals surface area contributed by atoms with E-state index in [1.54, 1.807) is 12.1 Å². The van der Waals surface area contributed by atoms with E-state index in [9.17, 15) is 8.42 Å². The van der Waals surface area contributed by atoms with Gasteiger partial charge in [-0.25, -0.2) is 13.6 Å². The number of nitrogens with two attached hydrogens (primary N) is 2. The molecule has 0 amide bonds. The highest BCUT2D eigenvalue weighted by Crippen LogP contribution is 2.33. The molecular weight excluding hydrogens is 379 g/mol. The second-order valence-electron chi connectivity index (χ2n) is 3.75. The average molecular weight is 390 g/mol. The Bertz CT molecular complexity index is 717. The van der Waals surface area contributed by atoms with Gasteiger partial charge in [0.1, 0.15) is 10.6 Å². The van der Waals surface area contributed by atoms with Crippen LogP contribution in [0.15, 0.2) is 47.4 Å². The summed E-state index contributed by atoms with van der Waals surface area (Å²) in [5, 5.41) is 5.08. The van der Waals surface area contributed by atoms with Crippen LogP contribution in [0.5, 0.6) is 11.5 Å². The maximum Gasteiger partial charge on any atom is 0.240 e. The fourth-order valence-corrected chi connectivity index (χ4v) is 2.68. The van der Waals surface area contributed by atoms with Gasteiger partial charge in [-0.1, -0.05) is 18.2 Å². The number of benzene rings is 2. The van der Waals surface area contributed by atoms with Crippen molar-refractivity contribution in [2.45, 2.75) is 4.90 Å². The fraction of sp³-hybridized carbons (Fsp3) is 0.